The summed E-state index contributed by atoms with van der Waals surface area (Å²) in [7, 11) is -2.34. The Balaban J connectivity index is 1.39. The fraction of sp³-hybridized carbons (Fsp3) is 0.308. The monoisotopic (exact) mass is 495 g/mol. The minimum atomic E-state index is -3.75. The van der Waals surface area contributed by atoms with Crippen molar-refractivity contribution >= 4 is 38.3 Å². The molecular formula is C26H29N3O5S. The first-order valence-electron chi connectivity index (χ1n) is 11.6. The number of methoxy groups -OCH3 is 1. The molecule has 3 aromatic rings. The van der Waals surface area contributed by atoms with Crippen molar-refractivity contribution in [1.82, 2.24) is 9.62 Å². The molecular weight excluding hydrogens is 466 g/mol. The second-order valence-corrected chi connectivity index (χ2v) is 10.4. The zero-order chi connectivity index (χ0) is 24.8. The Kier molecular flexibility index (Phi) is 7.67. The first kappa shape index (κ1) is 24.7. The maximum absolute atomic E-state index is 13.2. The van der Waals surface area contributed by atoms with E-state index in [1.165, 1.54) is 23.5 Å². The molecule has 9 heteroatoms. The number of nitrogens with zero attached hydrogens (tertiary/aromatic N) is 1. The zero-order valence-corrected chi connectivity index (χ0v) is 20.4. The van der Waals surface area contributed by atoms with Gasteiger partial charge < -0.3 is 15.4 Å². The summed E-state index contributed by atoms with van der Waals surface area (Å²) in [6.45, 7) is 0.694. The number of hydrogen-bond acceptors (Lipinski definition) is 5. The van der Waals surface area contributed by atoms with E-state index >= 15 is 0 Å². The molecule has 1 fully saturated rings. The third-order valence-electron chi connectivity index (χ3n) is 6.06. The lowest BCUT2D eigenvalue weighted by atomic mass is 10.0. The van der Waals surface area contributed by atoms with Crippen LogP contribution in [0.5, 0.6) is 5.75 Å². The van der Waals surface area contributed by atoms with Gasteiger partial charge in [-0.15, -0.1) is 0 Å². The highest BCUT2D eigenvalue weighted by Gasteiger charge is 2.29. The van der Waals surface area contributed by atoms with Gasteiger partial charge in [0.05, 0.1) is 20.1 Å². The SMILES string of the molecule is COc1ccc(NC(=O)CNC(=O)Cc2cccc3ccccc23)cc1S(=O)(=O)N1CCCCC1. The van der Waals surface area contributed by atoms with Gasteiger partial charge in [-0.2, -0.15) is 4.31 Å². The highest BCUT2D eigenvalue weighted by molar-refractivity contribution is 7.89. The number of sulfonamides is 1. The maximum atomic E-state index is 13.2. The number of fused-ring (bicyclic) bond motifs is 1. The minimum absolute atomic E-state index is 0.0136. The Morgan fingerprint density at radius 2 is 1.69 bits per heavy atom. The van der Waals surface area contributed by atoms with Crippen LogP contribution in [-0.4, -0.2) is 51.3 Å². The molecule has 1 saturated heterocycles. The number of carbonyl (C=O) groups is 2. The number of piperidine rings is 1. The topological polar surface area (TPSA) is 105 Å². The first-order chi connectivity index (χ1) is 16.9. The fourth-order valence-corrected chi connectivity index (χ4v) is 5.97. The predicted octanol–water partition coefficient (Wildman–Crippen LogP) is 3.32. The average Bonchev–Trinajstić information content (AvgIpc) is 2.88. The molecule has 0 aromatic heterocycles. The van der Waals surface area contributed by atoms with Crippen molar-refractivity contribution in [3.8, 4) is 5.75 Å². The van der Waals surface area contributed by atoms with Crippen LogP contribution in [0.3, 0.4) is 0 Å². The maximum Gasteiger partial charge on any atom is 0.246 e. The van der Waals surface area contributed by atoms with Crippen molar-refractivity contribution in [1.29, 1.82) is 0 Å². The van der Waals surface area contributed by atoms with E-state index in [1.54, 1.807) is 6.07 Å². The highest BCUT2D eigenvalue weighted by Crippen LogP contribution is 2.31. The number of ether oxygens (including phenoxy) is 1. The number of carbonyl (C=O) groups excluding carboxylic acids is 2. The number of anilines is 1. The number of hydrogen-bond donors (Lipinski definition) is 2. The van der Waals surface area contributed by atoms with Gasteiger partial charge in [0.1, 0.15) is 10.6 Å². The molecule has 0 unspecified atom stereocenters. The fourth-order valence-electron chi connectivity index (χ4n) is 4.27. The van der Waals surface area contributed by atoms with E-state index in [1.807, 2.05) is 42.5 Å². The summed E-state index contributed by atoms with van der Waals surface area (Å²) in [5.74, 6) is -0.515. The van der Waals surface area contributed by atoms with Crippen LogP contribution in [-0.2, 0) is 26.0 Å². The van der Waals surface area contributed by atoms with E-state index in [2.05, 4.69) is 10.6 Å². The first-order valence-corrected chi connectivity index (χ1v) is 13.0. The van der Waals surface area contributed by atoms with Gasteiger partial charge in [-0.1, -0.05) is 48.9 Å². The van der Waals surface area contributed by atoms with Gasteiger partial charge in [0, 0.05) is 18.8 Å². The summed E-state index contributed by atoms with van der Waals surface area (Å²) in [4.78, 5) is 25.0. The molecule has 4 rings (SSSR count). The molecule has 0 atom stereocenters. The van der Waals surface area contributed by atoms with E-state index in [0.29, 0.717) is 18.8 Å². The number of rotatable bonds is 8. The minimum Gasteiger partial charge on any atom is -0.495 e. The van der Waals surface area contributed by atoms with Crippen LogP contribution in [0, 0.1) is 0 Å². The lowest BCUT2D eigenvalue weighted by molar-refractivity contribution is -0.123. The molecule has 0 spiro atoms. The number of nitrogens with one attached hydrogen (secondary N) is 2. The molecule has 35 heavy (non-hydrogen) atoms. The van der Waals surface area contributed by atoms with Crippen molar-refractivity contribution in [2.75, 3.05) is 32.1 Å². The summed E-state index contributed by atoms with van der Waals surface area (Å²) >= 11 is 0. The van der Waals surface area contributed by atoms with Gasteiger partial charge in [0.2, 0.25) is 21.8 Å². The Labute approximate surface area is 205 Å². The lowest BCUT2D eigenvalue weighted by Gasteiger charge is -2.26. The van der Waals surface area contributed by atoms with Crippen molar-refractivity contribution in [3.63, 3.8) is 0 Å². The molecule has 2 N–H and O–H groups in total. The van der Waals surface area contributed by atoms with E-state index in [4.69, 9.17) is 4.74 Å². The Morgan fingerprint density at radius 1 is 0.943 bits per heavy atom. The summed E-state index contributed by atoms with van der Waals surface area (Å²) in [5.41, 5.74) is 1.19. The van der Waals surface area contributed by atoms with Crippen LogP contribution < -0.4 is 15.4 Å². The van der Waals surface area contributed by atoms with Gasteiger partial charge in [-0.25, -0.2) is 8.42 Å². The summed E-state index contributed by atoms with van der Waals surface area (Å²) in [6, 6.07) is 18.1. The van der Waals surface area contributed by atoms with Crippen LogP contribution >= 0.6 is 0 Å². The molecule has 1 aliphatic rings. The van der Waals surface area contributed by atoms with Crippen LogP contribution in [0.15, 0.2) is 65.6 Å². The molecule has 0 aliphatic carbocycles. The second kappa shape index (κ2) is 10.9. The third kappa shape index (κ3) is 5.80. The number of benzene rings is 3. The number of amides is 2. The summed E-state index contributed by atoms with van der Waals surface area (Å²) < 4.78 is 33.1. The molecule has 0 saturated carbocycles. The van der Waals surface area contributed by atoms with Crippen LogP contribution in [0.4, 0.5) is 5.69 Å². The second-order valence-electron chi connectivity index (χ2n) is 8.47. The standard InChI is InChI=1S/C26H29N3O5S/c1-34-23-13-12-21(17-24(23)35(32,33)29-14-5-2-6-15-29)28-26(31)18-27-25(30)16-20-10-7-9-19-8-3-4-11-22(19)20/h3-4,7-13,17H,2,5-6,14-16,18H2,1H3,(H,27,30)(H,28,31). The molecule has 1 aliphatic heterocycles. The van der Waals surface area contributed by atoms with E-state index < -0.39 is 15.9 Å². The molecule has 1 heterocycles. The molecule has 2 amide bonds. The molecule has 184 valence electrons. The van der Waals surface area contributed by atoms with Crippen molar-refractivity contribution in [2.45, 2.75) is 30.6 Å². The Hall–Kier alpha value is -3.43. The van der Waals surface area contributed by atoms with Crippen LogP contribution in [0.1, 0.15) is 24.8 Å². The van der Waals surface area contributed by atoms with Gasteiger partial charge in [0.15, 0.2) is 0 Å². The van der Waals surface area contributed by atoms with E-state index in [9.17, 15) is 18.0 Å². The summed E-state index contributed by atoms with van der Waals surface area (Å²) in [5, 5.41) is 7.34. The summed E-state index contributed by atoms with van der Waals surface area (Å²) in [6.07, 6.45) is 2.79. The van der Waals surface area contributed by atoms with Crippen molar-refractivity contribution in [2.24, 2.45) is 0 Å². The van der Waals surface area contributed by atoms with Crippen LogP contribution in [0.25, 0.3) is 10.8 Å². The molecule has 0 bridgehead atoms. The Bertz CT molecular complexity index is 1330. The van der Waals surface area contributed by atoms with Crippen LogP contribution in [0.2, 0.25) is 0 Å². The third-order valence-corrected chi connectivity index (χ3v) is 7.98. The lowest BCUT2D eigenvalue weighted by Crippen LogP contribution is -2.36. The zero-order valence-electron chi connectivity index (χ0n) is 19.6. The largest absolute Gasteiger partial charge is 0.495 e. The molecule has 8 nitrogen and oxygen atoms in total. The highest BCUT2D eigenvalue weighted by atomic mass is 32.2. The average molecular weight is 496 g/mol. The van der Waals surface area contributed by atoms with Gasteiger partial charge in [-0.3, -0.25) is 9.59 Å². The van der Waals surface area contributed by atoms with Gasteiger partial charge in [-0.05, 0) is 47.4 Å². The van der Waals surface area contributed by atoms with Crippen molar-refractivity contribution in [3.05, 3.63) is 66.2 Å². The molecule has 0 radical (unpaired) electrons. The van der Waals surface area contributed by atoms with E-state index in [-0.39, 0.29) is 29.5 Å². The predicted molar refractivity (Wildman–Crippen MR) is 135 cm³/mol. The van der Waals surface area contributed by atoms with Gasteiger partial charge >= 0.3 is 0 Å². The molecule has 3 aromatic carbocycles. The quantitative estimate of drug-likeness (QED) is 0.499. The van der Waals surface area contributed by atoms with E-state index in [0.717, 1.165) is 35.6 Å². The van der Waals surface area contributed by atoms with Gasteiger partial charge in [0.25, 0.3) is 0 Å². The normalized spacial score (nSPS) is 14.4. The smallest absolute Gasteiger partial charge is 0.246 e. The van der Waals surface area contributed by atoms with Crippen molar-refractivity contribution < 1.29 is 22.7 Å². The Morgan fingerprint density at radius 3 is 2.46 bits per heavy atom.